The van der Waals surface area contributed by atoms with Gasteiger partial charge in [0.2, 0.25) is 0 Å². The molecule has 2 saturated heterocycles. The molecule has 2 bridgehead atoms. The molecule has 4 heteroatoms. The van der Waals surface area contributed by atoms with Gasteiger partial charge in [0.25, 0.3) is 0 Å². The maximum atomic E-state index is 11.6. The van der Waals surface area contributed by atoms with Gasteiger partial charge in [-0.25, -0.2) is 0 Å². The molecule has 3 fully saturated rings. The Morgan fingerprint density at radius 3 is 2.42 bits per heavy atom. The highest BCUT2D eigenvalue weighted by atomic mass is 16.5. The Kier molecular flexibility index (Phi) is 6.65. The zero-order chi connectivity index (χ0) is 22.9. The van der Waals surface area contributed by atoms with Crippen LogP contribution >= 0.6 is 0 Å². The molecule has 2 aromatic carbocycles. The van der Waals surface area contributed by atoms with E-state index in [1.165, 1.54) is 35.6 Å². The summed E-state index contributed by atoms with van der Waals surface area (Å²) in [6.45, 7) is 5.60. The van der Waals surface area contributed by atoms with Gasteiger partial charge in [-0.3, -0.25) is 9.69 Å². The van der Waals surface area contributed by atoms with Gasteiger partial charge in [0, 0.05) is 24.0 Å². The topological polar surface area (TPSA) is 49.8 Å². The van der Waals surface area contributed by atoms with E-state index >= 15 is 0 Å². The third-order valence-electron chi connectivity index (χ3n) is 8.70. The van der Waals surface area contributed by atoms with Crippen LogP contribution in [0.5, 0.6) is 5.75 Å². The molecule has 4 nitrogen and oxygen atoms in total. The van der Waals surface area contributed by atoms with Crippen LogP contribution in [0.15, 0.2) is 36.4 Å². The summed E-state index contributed by atoms with van der Waals surface area (Å²) in [5, 5.41) is 12.0. The van der Waals surface area contributed by atoms with Gasteiger partial charge in [0.15, 0.2) is 0 Å². The van der Waals surface area contributed by atoms with E-state index in [1.807, 2.05) is 0 Å². The number of aliphatic carboxylic acids is 1. The smallest absolute Gasteiger partial charge is 0.306 e. The summed E-state index contributed by atoms with van der Waals surface area (Å²) in [4.78, 5) is 14.2. The number of fused-ring (bicyclic) bond motifs is 3. The van der Waals surface area contributed by atoms with Gasteiger partial charge in [-0.15, -0.1) is 0 Å². The minimum absolute atomic E-state index is 0.163. The first kappa shape index (κ1) is 22.7. The molecule has 2 atom stereocenters. The molecule has 1 N–H and O–H groups in total. The molecule has 178 valence electrons. The second-order valence-corrected chi connectivity index (χ2v) is 11.1. The predicted octanol–water partition coefficient (Wildman–Crippen LogP) is 6.65. The van der Waals surface area contributed by atoms with Crippen LogP contribution in [0.25, 0.3) is 10.8 Å². The molecule has 2 heterocycles. The van der Waals surface area contributed by atoms with Gasteiger partial charge in [-0.1, -0.05) is 44.5 Å². The summed E-state index contributed by atoms with van der Waals surface area (Å²) in [6.07, 6.45) is 10.3. The second-order valence-electron chi connectivity index (χ2n) is 11.1. The normalized spacial score (nSPS) is 30.5. The Balaban J connectivity index is 1.28. The quantitative estimate of drug-likeness (QED) is 0.536. The van der Waals surface area contributed by atoms with Crippen LogP contribution in [0.4, 0.5) is 0 Å². The zero-order valence-electron chi connectivity index (χ0n) is 20.2. The first-order valence-corrected chi connectivity index (χ1v) is 13.1. The summed E-state index contributed by atoms with van der Waals surface area (Å²) < 4.78 is 6.52. The van der Waals surface area contributed by atoms with Crippen LogP contribution in [0.1, 0.15) is 77.2 Å². The molecule has 0 amide bonds. The Morgan fingerprint density at radius 1 is 1.03 bits per heavy atom. The van der Waals surface area contributed by atoms with Gasteiger partial charge in [-0.2, -0.15) is 0 Å². The fourth-order valence-electron chi connectivity index (χ4n) is 6.71. The average molecular weight is 450 g/mol. The number of nitrogens with zero attached hydrogens (tertiary/aromatic N) is 1. The van der Waals surface area contributed by atoms with Crippen LogP contribution in [0.3, 0.4) is 0 Å². The molecule has 1 aliphatic carbocycles. The molecular formula is C29H39NO3. The summed E-state index contributed by atoms with van der Waals surface area (Å²) in [6, 6.07) is 14.1. The Hall–Kier alpha value is -2.07. The number of benzene rings is 2. The molecule has 1 saturated carbocycles. The van der Waals surface area contributed by atoms with Crippen molar-refractivity contribution in [1.29, 1.82) is 0 Å². The van der Waals surface area contributed by atoms with Crippen LogP contribution in [0, 0.1) is 17.8 Å². The molecule has 33 heavy (non-hydrogen) atoms. The average Bonchev–Trinajstić information content (AvgIpc) is 2.79. The van der Waals surface area contributed by atoms with E-state index in [9.17, 15) is 9.90 Å². The third kappa shape index (κ3) is 4.91. The van der Waals surface area contributed by atoms with Crippen molar-refractivity contribution >= 4 is 16.7 Å². The summed E-state index contributed by atoms with van der Waals surface area (Å²) in [5.74, 6) is 1.87. The van der Waals surface area contributed by atoms with Crippen LogP contribution in [0.2, 0.25) is 0 Å². The van der Waals surface area contributed by atoms with E-state index in [4.69, 9.17) is 4.74 Å². The molecule has 3 aliphatic rings. The van der Waals surface area contributed by atoms with Gasteiger partial charge in [0.05, 0.1) is 12.0 Å². The molecule has 2 unspecified atom stereocenters. The maximum Gasteiger partial charge on any atom is 0.306 e. The maximum absolute atomic E-state index is 11.6. The fraction of sp³-hybridized carbons (Fsp3) is 0.621. The molecular weight excluding hydrogens is 410 g/mol. The number of rotatable bonds is 6. The number of carboxylic acid groups (broad SMARTS) is 1. The lowest BCUT2D eigenvalue weighted by Gasteiger charge is -2.48. The SMILES string of the molecule is CC(C)[C@H]1CC[C@H](Oc2cccc3cc(CN4C5CCCC4CC(C(=O)O)C5)ccc23)CC1. The van der Waals surface area contributed by atoms with E-state index < -0.39 is 5.97 Å². The van der Waals surface area contributed by atoms with Gasteiger partial charge in [0.1, 0.15) is 5.75 Å². The Labute approximate surface area is 198 Å². The van der Waals surface area contributed by atoms with Crippen molar-refractivity contribution in [2.75, 3.05) is 0 Å². The second kappa shape index (κ2) is 9.66. The highest BCUT2D eigenvalue weighted by Crippen LogP contribution is 2.39. The summed E-state index contributed by atoms with van der Waals surface area (Å²) in [7, 11) is 0. The minimum Gasteiger partial charge on any atom is -0.490 e. The number of hydrogen-bond acceptors (Lipinski definition) is 3. The number of hydrogen-bond donors (Lipinski definition) is 1. The molecule has 5 rings (SSSR count). The molecule has 0 aromatic heterocycles. The number of ether oxygens (including phenoxy) is 1. The van der Waals surface area contributed by atoms with E-state index in [-0.39, 0.29) is 5.92 Å². The Bertz CT molecular complexity index is 964. The zero-order valence-corrected chi connectivity index (χ0v) is 20.2. The van der Waals surface area contributed by atoms with Crippen molar-refractivity contribution < 1.29 is 14.6 Å². The van der Waals surface area contributed by atoms with E-state index in [0.717, 1.165) is 62.7 Å². The lowest BCUT2D eigenvalue weighted by Crippen LogP contribution is -2.52. The monoisotopic (exact) mass is 449 g/mol. The largest absolute Gasteiger partial charge is 0.490 e. The van der Waals surface area contributed by atoms with Crippen molar-refractivity contribution in [2.24, 2.45) is 17.8 Å². The lowest BCUT2D eigenvalue weighted by molar-refractivity contribution is -0.146. The number of piperidine rings is 2. The highest BCUT2D eigenvalue weighted by molar-refractivity contribution is 5.88. The van der Waals surface area contributed by atoms with Gasteiger partial charge < -0.3 is 9.84 Å². The molecule has 0 radical (unpaired) electrons. The van der Waals surface area contributed by atoms with Crippen molar-refractivity contribution in [3.63, 3.8) is 0 Å². The van der Waals surface area contributed by atoms with Gasteiger partial charge >= 0.3 is 5.97 Å². The fourth-order valence-corrected chi connectivity index (χ4v) is 6.71. The van der Waals surface area contributed by atoms with Crippen LogP contribution in [-0.2, 0) is 11.3 Å². The lowest BCUT2D eigenvalue weighted by atomic mass is 9.78. The standard InChI is InChI=1S/C29H39NO3/c1-19(2)21-10-12-26(13-11-21)33-28-8-3-5-22-15-20(9-14-27(22)28)18-30-24-6-4-7-25(30)17-23(16-24)29(31)32/h3,5,8-9,14-15,19,21,23-26H,4,6-7,10-13,16-18H2,1-2H3,(H,31,32)/t21-,23?,24?,25?,26-. The van der Waals surface area contributed by atoms with Crippen molar-refractivity contribution in [3.8, 4) is 5.75 Å². The number of carbonyl (C=O) groups is 1. The predicted molar refractivity (Wildman–Crippen MR) is 132 cm³/mol. The highest BCUT2D eigenvalue weighted by Gasteiger charge is 2.40. The van der Waals surface area contributed by atoms with Crippen molar-refractivity contribution in [1.82, 2.24) is 4.90 Å². The number of carboxylic acids is 1. The Morgan fingerprint density at radius 2 is 1.76 bits per heavy atom. The summed E-state index contributed by atoms with van der Waals surface area (Å²) >= 11 is 0. The van der Waals surface area contributed by atoms with Crippen LogP contribution < -0.4 is 4.74 Å². The molecule has 2 aliphatic heterocycles. The summed E-state index contributed by atoms with van der Waals surface area (Å²) in [5.41, 5.74) is 1.32. The molecule has 2 aromatic rings. The minimum atomic E-state index is -0.609. The van der Waals surface area contributed by atoms with Crippen molar-refractivity contribution in [2.45, 2.75) is 96.4 Å². The van der Waals surface area contributed by atoms with E-state index in [2.05, 4.69) is 55.1 Å². The van der Waals surface area contributed by atoms with E-state index in [1.54, 1.807) is 0 Å². The first-order valence-electron chi connectivity index (χ1n) is 13.1. The van der Waals surface area contributed by atoms with Gasteiger partial charge in [-0.05, 0) is 86.3 Å². The van der Waals surface area contributed by atoms with E-state index in [0.29, 0.717) is 18.2 Å². The van der Waals surface area contributed by atoms with Crippen molar-refractivity contribution in [3.05, 3.63) is 42.0 Å². The van der Waals surface area contributed by atoms with Crippen LogP contribution in [-0.4, -0.2) is 34.2 Å². The third-order valence-corrected chi connectivity index (χ3v) is 8.70. The first-order chi connectivity index (χ1) is 16.0. The molecule has 0 spiro atoms.